The number of methoxy groups -OCH3 is 4. The van der Waals surface area contributed by atoms with E-state index in [9.17, 15) is 0 Å². The Balaban J connectivity index is 1.84. The van der Waals surface area contributed by atoms with Gasteiger partial charge < -0.3 is 18.9 Å². The Bertz CT molecular complexity index is 1340. The zero-order valence-electron chi connectivity index (χ0n) is 21.5. The van der Waals surface area contributed by atoms with Crippen molar-refractivity contribution < 1.29 is 23.5 Å². The van der Waals surface area contributed by atoms with Gasteiger partial charge in [-0.1, -0.05) is 72.8 Å². The first-order chi connectivity index (χ1) is 18.2. The molecule has 37 heavy (non-hydrogen) atoms. The van der Waals surface area contributed by atoms with Crippen LogP contribution in [0.25, 0.3) is 0 Å². The van der Waals surface area contributed by atoms with E-state index in [4.69, 9.17) is 18.9 Å². The molecule has 0 spiro atoms. The van der Waals surface area contributed by atoms with Crippen LogP contribution in [-0.2, 0) is 0 Å². The Labute approximate surface area is 217 Å². The molecule has 0 fully saturated rings. The predicted molar refractivity (Wildman–Crippen MR) is 146 cm³/mol. The topological polar surface area (TPSA) is 43.2 Å². The van der Waals surface area contributed by atoms with Crippen LogP contribution >= 0.6 is 0 Å². The average Bonchev–Trinajstić information content (AvgIpc) is 3.36. The Hall–Kier alpha value is -4.45. The third-order valence-electron chi connectivity index (χ3n) is 6.75. The van der Waals surface area contributed by atoms with Gasteiger partial charge >= 0.3 is 0 Å². The molecule has 5 rings (SSSR count). The molecule has 188 valence electrons. The normalized spacial score (nSPS) is 16.8. The smallest absolute Gasteiger partial charge is 0.246 e. The van der Waals surface area contributed by atoms with E-state index in [-0.39, 0.29) is 12.1 Å². The molecule has 0 saturated carbocycles. The predicted octanol–water partition coefficient (Wildman–Crippen LogP) is 6.40. The highest BCUT2D eigenvalue weighted by atomic mass is 16.5. The van der Waals surface area contributed by atoms with Crippen LogP contribution in [0, 0.1) is 0 Å². The Kier molecular flexibility index (Phi) is 6.99. The van der Waals surface area contributed by atoms with Gasteiger partial charge in [0.1, 0.15) is 0 Å². The molecule has 6 heteroatoms. The van der Waals surface area contributed by atoms with Crippen molar-refractivity contribution in [3.63, 3.8) is 0 Å². The fourth-order valence-corrected chi connectivity index (χ4v) is 5.13. The molecular weight excluding hydrogens is 464 g/mol. The first-order valence-corrected chi connectivity index (χ1v) is 12.1. The number of anilines is 1. The lowest BCUT2D eigenvalue weighted by Crippen LogP contribution is -2.27. The van der Waals surface area contributed by atoms with Crippen molar-refractivity contribution in [1.29, 1.82) is 0 Å². The quantitative estimate of drug-likeness (QED) is 0.265. The van der Waals surface area contributed by atoms with Crippen molar-refractivity contribution in [3.8, 4) is 23.0 Å². The van der Waals surface area contributed by atoms with E-state index in [0.717, 1.165) is 45.5 Å². The zero-order valence-corrected chi connectivity index (χ0v) is 21.5. The molecule has 0 saturated heterocycles. The van der Waals surface area contributed by atoms with Crippen molar-refractivity contribution in [3.05, 3.63) is 108 Å². The Morgan fingerprint density at radius 2 is 1.00 bits per heavy atom. The summed E-state index contributed by atoms with van der Waals surface area (Å²) in [6.07, 6.45) is 2.11. The SMILES string of the molecule is COc1cccc(OC)c1N1C=[N+](c2c(OC)cccc2OC)[C@@H](c2ccccc2)[C@@H]1c1ccccc1. The van der Waals surface area contributed by atoms with Crippen LogP contribution in [-0.4, -0.2) is 39.4 Å². The molecule has 4 aromatic rings. The van der Waals surface area contributed by atoms with Crippen LogP contribution < -0.4 is 23.8 Å². The fraction of sp³-hybridized carbons (Fsp3) is 0.194. The maximum absolute atomic E-state index is 5.85. The minimum absolute atomic E-state index is 0.122. The number of ether oxygens (including phenoxy) is 4. The molecule has 0 aromatic heterocycles. The fourth-order valence-electron chi connectivity index (χ4n) is 5.13. The summed E-state index contributed by atoms with van der Waals surface area (Å²) in [5.41, 5.74) is 3.99. The number of hydrogen-bond acceptors (Lipinski definition) is 5. The van der Waals surface area contributed by atoms with E-state index >= 15 is 0 Å². The van der Waals surface area contributed by atoms with E-state index in [1.54, 1.807) is 28.4 Å². The van der Waals surface area contributed by atoms with Crippen LogP contribution in [0.3, 0.4) is 0 Å². The third kappa shape index (κ3) is 4.35. The summed E-state index contributed by atoms with van der Waals surface area (Å²) < 4.78 is 25.6. The lowest BCUT2D eigenvalue weighted by atomic mass is 9.92. The maximum atomic E-state index is 5.85. The molecule has 1 aliphatic rings. The zero-order chi connectivity index (χ0) is 25.8. The van der Waals surface area contributed by atoms with Gasteiger partial charge in [0.25, 0.3) is 0 Å². The number of nitrogens with zero attached hydrogens (tertiary/aromatic N) is 2. The van der Waals surface area contributed by atoms with Crippen molar-refractivity contribution in [2.45, 2.75) is 12.1 Å². The van der Waals surface area contributed by atoms with E-state index in [2.05, 4.69) is 64.3 Å². The molecule has 0 N–H and O–H groups in total. The van der Waals surface area contributed by atoms with Crippen molar-refractivity contribution in [2.24, 2.45) is 0 Å². The van der Waals surface area contributed by atoms with Crippen LogP contribution in [0.15, 0.2) is 97.1 Å². The van der Waals surface area contributed by atoms with Crippen LogP contribution in [0.1, 0.15) is 23.2 Å². The van der Waals surface area contributed by atoms with E-state index in [0.29, 0.717) is 0 Å². The standard InChI is InChI=1S/C31H31N2O4/c1-34-24-17-11-18-25(35-2)30(24)32-21-33(31-26(36-3)19-12-20-27(31)37-4)29(23-15-9-6-10-16-23)28(32)22-13-7-5-8-14-22/h5-21,28-29H,1-4H3/q+1/t28-,29-/m0/s1. The number of rotatable bonds is 8. The highest BCUT2D eigenvalue weighted by Crippen LogP contribution is 2.52. The second-order valence-electron chi connectivity index (χ2n) is 8.66. The second-order valence-corrected chi connectivity index (χ2v) is 8.66. The van der Waals surface area contributed by atoms with Crippen LogP contribution in [0.5, 0.6) is 23.0 Å². The molecule has 4 aromatic carbocycles. The van der Waals surface area contributed by atoms with Gasteiger partial charge in [-0.15, -0.1) is 0 Å². The van der Waals surface area contributed by atoms with Gasteiger partial charge in [0.2, 0.25) is 17.7 Å². The minimum atomic E-state index is -0.122. The number of hydrogen-bond donors (Lipinski definition) is 0. The van der Waals surface area contributed by atoms with Gasteiger partial charge in [-0.25, -0.2) is 9.48 Å². The van der Waals surface area contributed by atoms with E-state index in [1.165, 1.54) is 0 Å². The largest absolute Gasteiger partial charge is 0.492 e. The first-order valence-electron chi connectivity index (χ1n) is 12.1. The molecule has 6 nitrogen and oxygen atoms in total. The van der Waals surface area contributed by atoms with Crippen molar-refractivity contribution in [1.82, 2.24) is 0 Å². The molecule has 0 unspecified atom stereocenters. The summed E-state index contributed by atoms with van der Waals surface area (Å²) in [6, 6.07) is 32.4. The molecule has 0 aliphatic carbocycles. The van der Waals surface area contributed by atoms with Crippen LogP contribution in [0.4, 0.5) is 11.4 Å². The number of para-hydroxylation sites is 2. The lowest BCUT2D eigenvalue weighted by molar-refractivity contribution is -0.482. The summed E-state index contributed by atoms with van der Waals surface area (Å²) in [5.74, 6) is 2.88. The van der Waals surface area contributed by atoms with Gasteiger partial charge in [0.05, 0.1) is 28.4 Å². The van der Waals surface area contributed by atoms with Gasteiger partial charge in [0, 0.05) is 11.1 Å². The molecule has 0 radical (unpaired) electrons. The van der Waals surface area contributed by atoms with Gasteiger partial charge in [-0.3, -0.25) is 0 Å². The number of benzene rings is 4. The minimum Gasteiger partial charge on any atom is -0.492 e. The van der Waals surface area contributed by atoms with Gasteiger partial charge in [-0.05, 0) is 24.3 Å². The average molecular weight is 496 g/mol. The first kappa shape index (κ1) is 24.3. The highest BCUT2D eigenvalue weighted by Gasteiger charge is 2.49. The van der Waals surface area contributed by atoms with Gasteiger partial charge in [0.15, 0.2) is 35.1 Å². The third-order valence-corrected chi connectivity index (χ3v) is 6.75. The van der Waals surface area contributed by atoms with Crippen molar-refractivity contribution in [2.75, 3.05) is 33.3 Å². The summed E-state index contributed by atoms with van der Waals surface area (Å²) in [4.78, 5) is 2.23. The molecule has 1 heterocycles. The maximum Gasteiger partial charge on any atom is 0.246 e. The summed E-state index contributed by atoms with van der Waals surface area (Å²) >= 11 is 0. The lowest BCUT2D eigenvalue weighted by Gasteiger charge is -2.26. The molecule has 2 atom stereocenters. The Morgan fingerprint density at radius 3 is 1.49 bits per heavy atom. The van der Waals surface area contributed by atoms with Gasteiger partial charge in [-0.2, -0.15) is 0 Å². The summed E-state index contributed by atoms with van der Waals surface area (Å²) in [6.45, 7) is 0. The Morgan fingerprint density at radius 1 is 0.541 bits per heavy atom. The molecule has 0 bridgehead atoms. The van der Waals surface area contributed by atoms with E-state index < -0.39 is 0 Å². The summed E-state index contributed by atoms with van der Waals surface area (Å²) in [7, 11) is 6.73. The second kappa shape index (κ2) is 10.7. The van der Waals surface area contributed by atoms with E-state index in [1.807, 2.05) is 48.5 Å². The monoisotopic (exact) mass is 495 g/mol. The summed E-state index contributed by atoms with van der Waals surface area (Å²) in [5, 5.41) is 0. The van der Waals surface area contributed by atoms with Crippen molar-refractivity contribution >= 4 is 17.7 Å². The molecular formula is C31H31N2O4+. The molecule has 1 aliphatic heterocycles. The highest BCUT2D eigenvalue weighted by molar-refractivity contribution is 5.87. The van der Waals surface area contributed by atoms with Crippen LogP contribution in [0.2, 0.25) is 0 Å². The molecule has 0 amide bonds.